The van der Waals surface area contributed by atoms with Crippen molar-refractivity contribution in [3.05, 3.63) is 0 Å². The highest BCUT2D eigenvalue weighted by Gasteiger charge is 2.45. The molecule has 1 aliphatic rings. The van der Waals surface area contributed by atoms with Crippen molar-refractivity contribution >= 4 is 5.91 Å². The Balaban J connectivity index is 1.96. The van der Waals surface area contributed by atoms with E-state index in [0.29, 0.717) is 0 Å². The molecule has 0 saturated heterocycles. The molecular weight excluding hydrogens is 164 g/mol. The number of hydrogen-bond acceptors (Lipinski definition) is 2. The fourth-order valence-corrected chi connectivity index (χ4v) is 1.29. The van der Waals surface area contributed by atoms with Gasteiger partial charge in [0.15, 0.2) is 0 Å². The number of carbonyl (C=O) groups excluding carboxylic acids is 1. The van der Waals surface area contributed by atoms with Crippen LogP contribution in [0.2, 0.25) is 0 Å². The first-order chi connectivity index (χ1) is 6.19. The monoisotopic (exact) mass is 184 g/mol. The number of carbonyl (C=O) groups is 1. The van der Waals surface area contributed by atoms with Gasteiger partial charge in [0.05, 0.1) is 5.54 Å². The zero-order valence-electron chi connectivity index (χ0n) is 8.44. The van der Waals surface area contributed by atoms with Gasteiger partial charge in [-0.3, -0.25) is 4.79 Å². The highest BCUT2D eigenvalue weighted by molar-refractivity contribution is 5.88. The van der Waals surface area contributed by atoms with Gasteiger partial charge in [-0.15, -0.1) is 0 Å². The van der Waals surface area contributed by atoms with Gasteiger partial charge in [-0.25, -0.2) is 0 Å². The molecule has 0 aromatic carbocycles. The molecule has 0 radical (unpaired) electrons. The second-order valence-electron chi connectivity index (χ2n) is 3.97. The first-order valence-corrected chi connectivity index (χ1v) is 5.26. The van der Waals surface area contributed by atoms with Crippen molar-refractivity contribution in [3.8, 4) is 0 Å². The Morgan fingerprint density at radius 3 is 2.62 bits per heavy atom. The Kier molecular flexibility index (Phi) is 3.72. The van der Waals surface area contributed by atoms with Gasteiger partial charge in [-0.2, -0.15) is 0 Å². The number of rotatable bonds is 6. The third-order valence-corrected chi connectivity index (χ3v) is 2.56. The quantitative estimate of drug-likeness (QED) is 0.609. The second-order valence-corrected chi connectivity index (χ2v) is 3.97. The fourth-order valence-electron chi connectivity index (χ4n) is 1.29. The summed E-state index contributed by atoms with van der Waals surface area (Å²) >= 11 is 0. The average Bonchev–Trinajstić information content (AvgIpc) is 2.84. The lowest BCUT2D eigenvalue weighted by Crippen LogP contribution is -2.42. The number of nitrogens with one attached hydrogen (secondary N) is 1. The van der Waals surface area contributed by atoms with Gasteiger partial charge >= 0.3 is 0 Å². The molecule has 0 aliphatic heterocycles. The molecule has 0 spiro atoms. The fraction of sp³-hybridized carbons (Fsp3) is 0.900. The van der Waals surface area contributed by atoms with Gasteiger partial charge in [0.2, 0.25) is 5.91 Å². The molecule has 3 N–H and O–H groups in total. The van der Waals surface area contributed by atoms with Crippen LogP contribution in [0.3, 0.4) is 0 Å². The standard InChI is InChI=1S/C10H20N2O/c1-2-3-4-5-8-12-9(13)10(11)6-7-10/h2-8,11H2,1H3,(H,12,13). The van der Waals surface area contributed by atoms with E-state index < -0.39 is 5.54 Å². The molecule has 1 amide bonds. The Hall–Kier alpha value is -0.570. The molecule has 0 atom stereocenters. The lowest BCUT2D eigenvalue weighted by atomic mass is 10.2. The highest BCUT2D eigenvalue weighted by atomic mass is 16.2. The van der Waals surface area contributed by atoms with E-state index in [4.69, 9.17) is 5.73 Å². The average molecular weight is 184 g/mol. The van der Waals surface area contributed by atoms with Crippen LogP contribution in [0.5, 0.6) is 0 Å². The summed E-state index contributed by atoms with van der Waals surface area (Å²) in [6, 6.07) is 0. The number of nitrogens with two attached hydrogens (primary N) is 1. The predicted octanol–water partition coefficient (Wildman–Crippen LogP) is 1.17. The summed E-state index contributed by atoms with van der Waals surface area (Å²) in [4.78, 5) is 11.3. The molecule has 0 bridgehead atoms. The van der Waals surface area contributed by atoms with Gasteiger partial charge in [-0.1, -0.05) is 26.2 Å². The van der Waals surface area contributed by atoms with Crippen LogP contribution in [-0.4, -0.2) is 18.0 Å². The highest BCUT2D eigenvalue weighted by Crippen LogP contribution is 2.31. The van der Waals surface area contributed by atoms with Crippen molar-refractivity contribution in [3.63, 3.8) is 0 Å². The van der Waals surface area contributed by atoms with Gasteiger partial charge in [0, 0.05) is 6.54 Å². The second kappa shape index (κ2) is 4.61. The van der Waals surface area contributed by atoms with E-state index in [1.165, 1.54) is 19.3 Å². The van der Waals surface area contributed by atoms with Gasteiger partial charge in [-0.05, 0) is 19.3 Å². The summed E-state index contributed by atoms with van der Waals surface area (Å²) in [5.74, 6) is 0.0454. The summed E-state index contributed by atoms with van der Waals surface area (Å²) in [6.45, 7) is 2.97. The van der Waals surface area contributed by atoms with Gasteiger partial charge in [0.25, 0.3) is 0 Å². The largest absolute Gasteiger partial charge is 0.355 e. The SMILES string of the molecule is CCCCCCNC(=O)C1(N)CC1. The van der Waals surface area contributed by atoms with Crippen molar-refractivity contribution in [2.24, 2.45) is 5.73 Å². The zero-order valence-corrected chi connectivity index (χ0v) is 8.44. The normalized spacial score (nSPS) is 18.3. The molecule has 0 aromatic rings. The van der Waals surface area contributed by atoms with E-state index >= 15 is 0 Å². The van der Waals surface area contributed by atoms with E-state index in [9.17, 15) is 4.79 Å². The minimum atomic E-state index is -0.495. The first kappa shape index (κ1) is 10.5. The number of hydrogen-bond donors (Lipinski definition) is 2. The first-order valence-electron chi connectivity index (χ1n) is 5.26. The Morgan fingerprint density at radius 1 is 1.38 bits per heavy atom. The van der Waals surface area contributed by atoms with Crippen LogP contribution in [0.15, 0.2) is 0 Å². The molecule has 1 fully saturated rings. The van der Waals surface area contributed by atoms with Crippen LogP contribution in [0.4, 0.5) is 0 Å². The summed E-state index contributed by atoms with van der Waals surface area (Å²) in [7, 11) is 0. The maximum atomic E-state index is 11.3. The van der Waals surface area contributed by atoms with Crippen molar-refractivity contribution in [1.29, 1.82) is 0 Å². The van der Waals surface area contributed by atoms with Crippen molar-refractivity contribution in [1.82, 2.24) is 5.32 Å². The van der Waals surface area contributed by atoms with E-state index in [-0.39, 0.29) is 5.91 Å². The molecule has 76 valence electrons. The van der Waals surface area contributed by atoms with Crippen LogP contribution in [0.1, 0.15) is 45.4 Å². The van der Waals surface area contributed by atoms with E-state index in [1.807, 2.05) is 0 Å². The van der Waals surface area contributed by atoms with Gasteiger partial charge < -0.3 is 11.1 Å². The van der Waals surface area contributed by atoms with E-state index in [1.54, 1.807) is 0 Å². The van der Waals surface area contributed by atoms with Crippen LogP contribution < -0.4 is 11.1 Å². The molecule has 13 heavy (non-hydrogen) atoms. The minimum absolute atomic E-state index is 0.0454. The van der Waals surface area contributed by atoms with Crippen LogP contribution in [0, 0.1) is 0 Å². The molecule has 1 rings (SSSR count). The third-order valence-electron chi connectivity index (χ3n) is 2.56. The molecule has 0 heterocycles. The number of amides is 1. The summed E-state index contributed by atoms with van der Waals surface area (Å²) in [5.41, 5.74) is 5.22. The van der Waals surface area contributed by atoms with Crippen molar-refractivity contribution in [2.75, 3.05) is 6.54 Å². The summed E-state index contributed by atoms with van der Waals surface area (Å²) in [5, 5.41) is 2.88. The minimum Gasteiger partial charge on any atom is -0.355 e. The van der Waals surface area contributed by atoms with E-state index in [0.717, 1.165) is 25.8 Å². The third kappa shape index (κ3) is 3.35. The predicted molar refractivity (Wildman–Crippen MR) is 53.3 cm³/mol. The van der Waals surface area contributed by atoms with Crippen LogP contribution >= 0.6 is 0 Å². The lowest BCUT2D eigenvalue weighted by molar-refractivity contribution is -0.123. The molecule has 0 aromatic heterocycles. The molecule has 1 saturated carbocycles. The Morgan fingerprint density at radius 2 is 2.08 bits per heavy atom. The van der Waals surface area contributed by atoms with Crippen LogP contribution in [0.25, 0.3) is 0 Å². The number of unbranched alkanes of at least 4 members (excludes halogenated alkanes) is 3. The smallest absolute Gasteiger partial charge is 0.240 e. The molecule has 3 nitrogen and oxygen atoms in total. The topological polar surface area (TPSA) is 55.1 Å². The summed E-state index contributed by atoms with van der Waals surface area (Å²) < 4.78 is 0. The van der Waals surface area contributed by atoms with Crippen LogP contribution in [-0.2, 0) is 4.79 Å². The molecular formula is C10H20N2O. The molecule has 3 heteroatoms. The van der Waals surface area contributed by atoms with Crippen molar-refractivity contribution < 1.29 is 4.79 Å². The molecule has 1 aliphatic carbocycles. The van der Waals surface area contributed by atoms with E-state index in [2.05, 4.69) is 12.2 Å². The lowest BCUT2D eigenvalue weighted by Gasteiger charge is -2.09. The molecule has 0 unspecified atom stereocenters. The maximum absolute atomic E-state index is 11.3. The van der Waals surface area contributed by atoms with Gasteiger partial charge in [0.1, 0.15) is 0 Å². The van der Waals surface area contributed by atoms with Crippen molar-refractivity contribution in [2.45, 2.75) is 51.0 Å². The Labute approximate surface area is 80.1 Å². The summed E-state index contributed by atoms with van der Waals surface area (Å²) in [6.07, 6.45) is 6.48. The Bertz CT molecular complexity index is 176. The maximum Gasteiger partial charge on any atom is 0.240 e. The zero-order chi connectivity index (χ0) is 9.73.